The van der Waals surface area contributed by atoms with Crippen LogP contribution in [0.4, 0.5) is 4.79 Å². The molecule has 0 fully saturated rings. The molecule has 0 aliphatic carbocycles. The molecule has 0 radical (unpaired) electrons. The number of benzene rings is 2. The van der Waals surface area contributed by atoms with Gasteiger partial charge in [0.1, 0.15) is 6.61 Å². The number of carbonyl (C=O) groups excluding carboxylic acids is 1. The second-order valence-electron chi connectivity index (χ2n) is 4.35. The summed E-state index contributed by atoms with van der Waals surface area (Å²) in [6, 6.07) is 12.1. The van der Waals surface area contributed by atoms with Crippen LogP contribution < -0.4 is 5.32 Å². The van der Waals surface area contributed by atoms with Crippen LogP contribution in [0.25, 0.3) is 6.08 Å². The molecule has 2 aromatic carbocycles. The van der Waals surface area contributed by atoms with Crippen LogP contribution >= 0.6 is 34.8 Å². The lowest BCUT2D eigenvalue weighted by atomic mass is 10.2. The Morgan fingerprint density at radius 3 is 2.41 bits per heavy atom. The van der Waals surface area contributed by atoms with Gasteiger partial charge in [0.2, 0.25) is 0 Å². The highest BCUT2D eigenvalue weighted by Crippen LogP contribution is 2.21. The number of rotatable bonds is 4. The van der Waals surface area contributed by atoms with E-state index in [9.17, 15) is 4.79 Å². The molecule has 3 nitrogen and oxygen atoms in total. The van der Waals surface area contributed by atoms with Crippen molar-refractivity contribution in [2.24, 2.45) is 0 Å². The van der Waals surface area contributed by atoms with E-state index < -0.39 is 6.09 Å². The Labute approximate surface area is 143 Å². The number of hydrogen-bond acceptors (Lipinski definition) is 2. The maximum atomic E-state index is 11.5. The number of amides is 1. The zero-order chi connectivity index (χ0) is 15.9. The molecule has 6 heteroatoms. The minimum atomic E-state index is -0.559. The highest BCUT2D eigenvalue weighted by atomic mass is 35.5. The predicted octanol–water partition coefficient (Wildman–Crippen LogP) is 5.54. The molecule has 0 aromatic heterocycles. The van der Waals surface area contributed by atoms with Crippen molar-refractivity contribution in [1.29, 1.82) is 0 Å². The van der Waals surface area contributed by atoms with Gasteiger partial charge < -0.3 is 4.74 Å². The third-order valence-corrected chi connectivity index (χ3v) is 3.52. The molecule has 114 valence electrons. The van der Waals surface area contributed by atoms with Crippen molar-refractivity contribution in [2.45, 2.75) is 6.61 Å². The van der Waals surface area contributed by atoms with Gasteiger partial charge in [0.05, 0.1) is 0 Å². The predicted molar refractivity (Wildman–Crippen MR) is 90.3 cm³/mol. The fourth-order valence-electron chi connectivity index (χ4n) is 1.61. The third kappa shape index (κ3) is 5.26. The lowest BCUT2D eigenvalue weighted by Crippen LogP contribution is -2.18. The lowest BCUT2D eigenvalue weighted by Gasteiger charge is -2.04. The van der Waals surface area contributed by atoms with Crippen molar-refractivity contribution < 1.29 is 9.53 Å². The van der Waals surface area contributed by atoms with E-state index in [0.717, 1.165) is 11.1 Å². The van der Waals surface area contributed by atoms with Gasteiger partial charge in [-0.1, -0.05) is 53.0 Å². The molecule has 0 aliphatic heterocycles. The Morgan fingerprint density at radius 1 is 1.05 bits per heavy atom. The average Bonchev–Trinajstić information content (AvgIpc) is 2.49. The largest absolute Gasteiger partial charge is 0.444 e. The van der Waals surface area contributed by atoms with Crippen LogP contribution in [-0.2, 0) is 11.3 Å². The van der Waals surface area contributed by atoms with Crippen molar-refractivity contribution in [3.05, 3.63) is 74.9 Å². The quantitative estimate of drug-likeness (QED) is 0.780. The second kappa shape index (κ2) is 8.08. The summed E-state index contributed by atoms with van der Waals surface area (Å²) in [5, 5.41) is 4.18. The van der Waals surface area contributed by atoms with Crippen molar-refractivity contribution in [1.82, 2.24) is 5.32 Å². The van der Waals surface area contributed by atoms with E-state index in [1.165, 1.54) is 6.20 Å². The zero-order valence-electron chi connectivity index (χ0n) is 11.4. The van der Waals surface area contributed by atoms with E-state index >= 15 is 0 Å². The van der Waals surface area contributed by atoms with Gasteiger partial charge >= 0.3 is 6.09 Å². The standard InChI is InChI=1S/C16H12Cl3NO2/c17-13-4-1-11(2-5-13)10-22-16(21)20-8-7-12-3-6-14(18)9-15(12)19/h1-9H,10H2,(H,20,21). The highest BCUT2D eigenvalue weighted by Gasteiger charge is 2.01. The van der Waals surface area contributed by atoms with Gasteiger partial charge in [-0.05, 0) is 41.5 Å². The summed E-state index contributed by atoms with van der Waals surface area (Å²) in [7, 11) is 0. The molecular formula is C16H12Cl3NO2. The van der Waals surface area contributed by atoms with Crippen molar-refractivity contribution >= 4 is 47.0 Å². The van der Waals surface area contributed by atoms with Crippen molar-refractivity contribution in [2.75, 3.05) is 0 Å². The molecule has 22 heavy (non-hydrogen) atoms. The Hall–Kier alpha value is -1.68. The summed E-state index contributed by atoms with van der Waals surface area (Å²) in [5.41, 5.74) is 1.59. The van der Waals surface area contributed by atoms with Gasteiger partial charge in [-0.15, -0.1) is 0 Å². The maximum absolute atomic E-state index is 11.5. The molecular weight excluding hydrogens is 345 g/mol. The van der Waals surface area contributed by atoms with Crippen LogP contribution in [0, 0.1) is 0 Å². The Bertz CT molecular complexity index is 684. The lowest BCUT2D eigenvalue weighted by molar-refractivity contribution is 0.143. The number of carbonyl (C=O) groups is 1. The normalized spacial score (nSPS) is 10.7. The molecule has 2 rings (SSSR count). The first-order valence-electron chi connectivity index (χ1n) is 6.34. The number of halogens is 3. The van der Waals surface area contributed by atoms with E-state index in [1.807, 2.05) is 0 Å². The molecule has 0 spiro atoms. The van der Waals surface area contributed by atoms with Crippen LogP contribution in [0.1, 0.15) is 11.1 Å². The molecule has 0 saturated carbocycles. The highest BCUT2D eigenvalue weighted by molar-refractivity contribution is 6.35. The van der Waals surface area contributed by atoms with Crippen LogP contribution in [0.15, 0.2) is 48.7 Å². The molecule has 0 unspecified atom stereocenters. The first kappa shape index (κ1) is 16.7. The van der Waals surface area contributed by atoms with Crippen molar-refractivity contribution in [3.63, 3.8) is 0 Å². The third-order valence-electron chi connectivity index (χ3n) is 2.71. The summed E-state index contributed by atoms with van der Waals surface area (Å²) in [4.78, 5) is 11.5. The van der Waals surface area contributed by atoms with E-state index in [1.54, 1.807) is 48.5 Å². The number of alkyl carbamates (subject to hydrolysis) is 1. The summed E-state index contributed by atoms with van der Waals surface area (Å²) in [6.07, 6.45) is 2.55. The molecule has 0 atom stereocenters. The van der Waals surface area contributed by atoms with Crippen molar-refractivity contribution in [3.8, 4) is 0 Å². The molecule has 1 N–H and O–H groups in total. The second-order valence-corrected chi connectivity index (χ2v) is 5.63. The van der Waals surface area contributed by atoms with Crippen LogP contribution in [0.5, 0.6) is 0 Å². The fourth-order valence-corrected chi connectivity index (χ4v) is 2.20. The summed E-state index contributed by atoms with van der Waals surface area (Å²) >= 11 is 17.6. The molecule has 2 aromatic rings. The van der Waals surface area contributed by atoms with E-state index in [0.29, 0.717) is 15.1 Å². The van der Waals surface area contributed by atoms with Gasteiger partial charge in [-0.25, -0.2) is 4.79 Å². The van der Waals surface area contributed by atoms with Crippen LogP contribution in [0.2, 0.25) is 15.1 Å². The SMILES string of the molecule is O=C(NC=Cc1ccc(Cl)cc1Cl)OCc1ccc(Cl)cc1. The Kier molecular flexibility index (Phi) is 6.13. The molecule has 0 heterocycles. The topological polar surface area (TPSA) is 38.3 Å². The average molecular weight is 357 g/mol. The number of ether oxygens (including phenoxy) is 1. The van der Waals surface area contributed by atoms with E-state index in [-0.39, 0.29) is 6.61 Å². The van der Waals surface area contributed by atoms with Gasteiger partial charge in [-0.2, -0.15) is 0 Å². The maximum Gasteiger partial charge on any atom is 0.411 e. The monoisotopic (exact) mass is 355 g/mol. The molecule has 0 saturated heterocycles. The minimum absolute atomic E-state index is 0.165. The Balaban J connectivity index is 1.82. The van der Waals surface area contributed by atoms with Gasteiger partial charge in [0.25, 0.3) is 0 Å². The summed E-state index contributed by atoms with van der Waals surface area (Å²) in [6.45, 7) is 0.165. The molecule has 0 bridgehead atoms. The zero-order valence-corrected chi connectivity index (χ0v) is 13.6. The smallest absolute Gasteiger partial charge is 0.411 e. The van der Waals surface area contributed by atoms with Gasteiger partial charge in [-0.3, -0.25) is 5.32 Å². The number of nitrogens with one attached hydrogen (secondary N) is 1. The fraction of sp³-hybridized carbons (Fsp3) is 0.0625. The first-order chi connectivity index (χ1) is 10.5. The minimum Gasteiger partial charge on any atom is -0.444 e. The van der Waals surface area contributed by atoms with Crippen LogP contribution in [-0.4, -0.2) is 6.09 Å². The molecule has 0 aliphatic rings. The van der Waals surface area contributed by atoms with Gasteiger partial charge in [0.15, 0.2) is 0 Å². The number of hydrogen-bond donors (Lipinski definition) is 1. The Morgan fingerprint density at radius 2 is 1.73 bits per heavy atom. The first-order valence-corrected chi connectivity index (χ1v) is 7.47. The molecule has 1 amide bonds. The van der Waals surface area contributed by atoms with E-state index in [4.69, 9.17) is 39.5 Å². The summed E-state index contributed by atoms with van der Waals surface area (Å²) in [5.74, 6) is 0. The van der Waals surface area contributed by atoms with Crippen LogP contribution in [0.3, 0.4) is 0 Å². The summed E-state index contributed by atoms with van der Waals surface area (Å²) < 4.78 is 5.06. The van der Waals surface area contributed by atoms with Gasteiger partial charge in [0, 0.05) is 21.3 Å². The van der Waals surface area contributed by atoms with E-state index in [2.05, 4.69) is 5.32 Å².